The minimum Gasteiger partial charge on any atom is -0.390 e. The molecule has 0 saturated carbocycles. The molecule has 2 atom stereocenters. The van der Waals surface area contributed by atoms with Crippen molar-refractivity contribution in [3.8, 4) is 0 Å². The second kappa shape index (κ2) is 4.04. The number of hydrogen-bond donors (Lipinski definition) is 2. The Hall–Kier alpha value is -0.120. The average Bonchev–Trinajstić information content (AvgIpc) is 2.50. The van der Waals surface area contributed by atoms with Crippen LogP contribution in [0, 0.1) is 0 Å². The third-order valence-electron chi connectivity index (χ3n) is 2.51. The predicted molar refractivity (Wildman–Crippen MR) is 45.3 cm³/mol. The largest absolute Gasteiger partial charge is 0.390 e. The number of likely N-dealkylation sites (N-methyl/N-ethyl adjacent to an activating group) is 1. The zero-order chi connectivity index (χ0) is 8.27. The van der Waals surface area contributed by atoms with Crippen LogP contribution < -0.4 is 5.73 Å². The maximum Gasteiger partial charge on any atom is 0.0817 e. The molecule has 0 aromatic rings. The molecule has 0 amide bonds. The second-order valence-electron chi connectivity index (χ2n) is 3.14. The van der Waals surface area contributed by atoms with Gasteiger partial charge in [-0.1, -0.05) is 6.92 Å². The third kappa shape index (κ3) is 1.92. The predicted octanol–water partition coefficient (Wildman–Crippen LogP) is -0.210. The highest BCUT2D eigenvalue weighted by Crippen LogP contribution is 2.18. The van der Waals surface area contributed by atoms with E-state index in [9.17, 15) is 5.11 Å². The fourth-order valence-electron chi connectivity index (χ4n) is 1.84. The average molecular weight is 158 g/mol. The molecule has 11 heavy (non-hydrogen) atoms. The first-order valence-corrected chi connectivity index (χ1v) is 4.41. The van der Waals surface area contributed by atoms with Gasteiger partial charge in [0.1, 0.15) is 0 Å². The van der Waals surface area contributed by atoms with Gasteiger partial charge in [-0.15, -0.1) is 0 Å². The molecule has 3 nitrogen and oxygen atoms in total. The molecule has 2 unspecified atom stereocenters. The fourth-order valence-corrected chi connectivity index (χ4v) is 1.84. The molecule has 66 valence electrons. The lowest BCUT2D eigenvalue weighted by Gasteiger charge is -2.26. The van der Waals surface area contributed by atoms with Crippen LogP contribution in [-0.4, -0.2) is 41.8 Å². The van der Waals surface area contributed by atoms with Gasteiger partial charge in [-0.3, -0.25) is 4.90 Å². The van der Waals surface area contributed by atoms with Crippen LogP contribution in [0.1, 0.15) is 19.8 Å². The van der Waals surface area contributed by atoms with Crippen molar-refractivity contribution in [1.82, 2.24) is 4.90 Å². The van der Waals surface area contributed by atoms with Crippen LogP contribution in [-0.2, 0) is 0 Å². The minimum atomic E-state index is -0.322. The molecule has 0 radical (unpaired) electrons. The van der Waals surface area contributed by atoms with Crippen LogP contribution in [0.2, 0.25) is 0 Å². The highest BCUT2D eigenvalue weighted by molar-refractivity contribution is 4.84. The van der Waals surface area contributed by atoms with E-state index in [0.29, 0.717) is 12.6 Å². The van der Waals surface area contributed by atoms with Gasteiger partial charge in [-0.05, 0) is 25.9 Å². The van der Waals surface area contributed by atoms with E-state index in [2.05, 4.69) is 11.8 Å². The molecule has 0 aromatic carbocycles. The van der Waals surface area contributed by atoms with Crippen LogP contribution in [0.25, 0.3) is 0 Å². The number of aliphatic hydroxyl groups excluding tert-OH is 1. The molecule has 1 aliphatic rings. The molecular formula is C8H18N2O. The quantitative estimate of drug-likeness (QED) is 0.597. The van der Waals surface area contributed by atoms with Gasteiger partial charge < -0.3 is 10.8 Å². The van der Waals surface area contributed by atoms with Crippen LogP contribution in [0.4, 0.5) is 0 Å². The van der Waals surface area contributed by atoms with Crippen molar-refractivity contribution in [3.63, 3.8) is 0 Å². The molecular weight excluding hydrogens is 140 g/mol. The Morgan fingerprint density at radius 3 is 3.00 bits per heavy atom. The Balaban J connectivity index is 2.42. The summed E-state index contributed by atoms with van der Waals surface area (Å²) in [5.74, 6) is 0. The molecule has 1 fully saturated rings. The zero-order valence-electron chi connectivity index (χ0n) is 7.16. The van der Waals surface area contributed by atoms with Crippen molar-refractivity contribution in [2.24, 2.45) is 5.73 Å². The SMILES string of the molecule is CCN1CCCC1C(O)CN. The van der Waals surface area contributed by atoms with Crippen LogP contribution in [0.5, 0.6) is 0 Å². The number of hydrogen-bond acceptors (Lipinski definition) is 3. The molecule has 0 bridgehead atoms. The Kier molecular flexibility index (Phi) is 3.30. The maximum atomic E-state index is 9.49. The van der Waals surface area contributed by atoms with E-state index in [1.54, 1.807) is 0 Å². The lowest BCUT2D eigenvalue weighted by molar-refractivity contribution is 0.0820. The summed E-state index contributed by atoms with van der Waals surface area (Å²) in [5, 5.41) is 9.49. The summed E-state index contributed by atoms with van der Waals surface area (Å²) < 4.78 is 0. The molecule has 1 aliphatic heterocycles. The Labute approximate surface area is 68.2 Å². The van der Waals surface area contributed by atoms with Gasteiger partial charge in [-0.2, -0.15) is 0 Å². The van der Waals surface area contributed by atoms with Crippen LogP contribution in [0.15, 0.2) is 0 Å². The smallest absolute Gasteiger partial charge is 0.0817 e. The first-order valence-electron chi connectivity index (χ1n) is 4.41. The molecule has 1 rings (SSSR count). The van der Waals surface area contributed by atoms with Crippen molar-refractivity contribution in [2.45, 2.75) is 31.9 Å². The number of aliphatic hydroxyl groups is 1. The summed E-state index contributed by atoms with van der Waals surface area (Å²) in [6.07, 6.45) is 1.99. The number of nitrogens with zero attached hydrogens (tertiary/aromatic N) is 1. The third-order valence-corrected chi connectivity index (χ3v) is 2.51. The van der Waals surface area contributed by atoms with Gasteiger partial charge >= 0.3 is 0 Å². The number of nitrogens with two attached hydrogens (primary N) is 1. The van der Waals surface area contributed by atoms with Crippen LogP contribution >= 0.6 is 0 Å². The summed E-state index contributed by atoms with van der Waals surface area (Å²) in [7, 11) is 0. The first kappa shape index (κ1) is 8.97. The Morgan fingerprint density at radius 1 is 1.73 bits per heavy atom. The van der Waals surface area contributed by atoms with Crippen molar-refractivity contribution >= 4 is 0 Å². The Bertz CT molecular complexity index is 119. The summed E-state index contributed by atoms with van der Waals surface area (Å²) in [6, 6.07) is 0.324. The van der Waals surface area contributed by atoms with E-state index in [0.717, 1.165) is 19.5 Å². The van der Waals surface area contributed by atoms with Crippen molar-refractivity contribution in [1.29, 1.82) is 0 Å². The highest BCUT2D eigenvalue weighted by atomic mass is 16.3. The molecule has 1 saturated heterocycles. The van der Waals surface area contributed by atoms with Gasteiger partial charge in [0.15, 0.2) is 0 Å². The summed E-state index contributed by atoms with van der Waals surface area (Å²) in [6.45, 7) is 4.67. The molecule has 1 heterocycles. The Morgan fingerprint density at radius 2 is 2.45 bits per heavy atom. The maximum absolute atomic E-state index is 9.49. The van der Waals surface area contributed by atoms with E-state index in [1.165, 1.54) is 6.42 Å². The van der Waals surface area contributed by atoms with E-state index >= 15 is 0 Å². The number of rotatable bonds is 3. The van der Waals surface area contributed by atoms with Crippen molar-refractivity contribution < 1.29 is 5.11 Å². The van der Waals surface area contributed by atoms with E-state index in [4.69, 9.17) is 5.73 Å². The molecule has 3 N–H and O–H groups in total. The first-order chi connectivity index (χ1) is 5.29. The monoisotopic (exact) mass is 158 g/mol. The van der Waals surface area contributed by atoms with Gasteiger partial charge in [-0.25, -0.2) is 0 Å². The second-order valence-corrected chi connectivity index (χ2v) is 3.14. The summed E-state index contributed by atoms with van der Waals surface area (Å²) in [4.78, 5) is 2.30. The molecule has 3 heteroatoms. The highest BCUT2D eigenvalue weighted by Gasteiger charge is 2.28. The van der Waals surface area contributed by atoms with Gasteiger partial charge in [0.25, 0.3) is 0 Å². The summed E-state index contributed by atoms with van der Waals surface area (Å²) in [5.41, 5.74) is 5.39. The van der Waals surface area contributed by atoms with Crippen molar-refractivity contribution in [3.05, 3.63) is 0 Å². The van der Waals surface area contributed by atoms with Gasteiger partial charge in [0.05, 0.1) is 6.10 Å². The number of likely N-dealkylation sites (tertiary alicyclic amines) is 1. The van der Waals surface area contributed by atoms with E-state index in [1.807, 2.05) is 0 Å². The zero-order valence-corrected chi connectivity index (χ0v) is 7.16. The standard InChI is InChI=1S/C8H18N2O/c1-2-10-5-3-4-7(10)8(11)6-9/h7-8,11H,2-6,9H2,1H3. The van der Waals surface area contributed by atoms with Crippen molar-refractivity contribution in [2.75, 3.05) is 19.6 Å². The topological polar surface area (TPSA) is 49.5 Å². The van der Waals surface area contributed by atoms with Gasteiger partial charge in [0.2, 0.25) is 0 Å². The molecule has 0 aliphatic carbocycles. The van der Waals surface area contributed by atoms with Gasteiger partial charge in [0, 0.05) is 12.6 Å². The van der Waals surface area contributed by atoms with Crippen LogP contribution in [0.3, 0.4) is 0 Å². The molecule has 0 spiro atoms. The normalized spacial score (nSPS) is 29.2. The minimum absolute atomic E-state index is 0.322. The molecule has 0 aromatic heterocycles. The lowest BCUT2D eigenvalue weighted by atomic mass is 10.1. The van der Waals surface area contributed by atoms with E-state index < -0.39 is 0 Å². The lowest BCUT2D eigenvalue weighted by Crippen LogP contribution is -2.42. The summed E-state index contributed by atoms with van der Waals surface area (Å²) >= 11 is 0. The van der Waals surface area contributed by atoms with E-state index in [-0.39, 0.29) is 6.10 Å². The fraction of sp³-hybridized carbons (Fsp3) is 1.00.